The zero-order chi connectivity index (χ0) is 10.0. The van der Waals surface area contributed by atoms with E-state index in [2.05, 4.69) is 5.32 Å². The molecule has 3 nitrogen and oxygen atoms in total. The Morgan fingerprint density at radius 2 is 1.93 bits per heavy atom. The summed E-state index contributed by atoms with van der Waals surface area (Å²) in [6.45, 7) is 0. The fraction of sp³-hybridized carbons (Fsp3) is 0.909. The first-order valence-corrected chi connectivity index (χ1v) is 5.70. The van der Waals surface area contributed by atoms with Crippen molar-refractivity contribution in [1.82, 2.24) is 5.32 Å². The van der Waals surface area contributed by atoms with Crippen LogP contribution in [0, 0.1) is 0 Å². The van der Waals surface area contributed by atoms with Crippen molar-refractivity contribution in [2.24, 2.45) is 0 Å². The number of carbonyl (C=O) groups is 1. The average Bonchev–Trinajstić information content (AvgIpc) is 2.51. The van der Waals surface area contributed by atoms with Crippen molar-refractivity contribution in [2.45, 2.75) is 62.9 Å². The number of hydrogen-bond acceptors (Lipinski definition) is 2. The van der Waals surface area contributed by atoms with Gasteiger partial charge in [0.1, 0.15) is 0 Å². The molecule has 2 aliphatic carbocycles. The summed E-state index contributed by atoms with van der Waals surface area (Å²) >= 11 is 0. The molecule has 2 aliphatic rings. The Morgan fingerprint density at radius 3 is 2.36 bits per heavy atom. The molecule has 3 heteroatoms. The van der Waals surface area contributed by atoms with E-state index >= 15 is 0 Å². The first-order valence-electron chi connectivity index (χ1n) is 5.70. The molecule has 2 rings (SSSR count). The number of aliphatic carboxylic acids is 1. The van der Waals surface area contributed by atoms with Gasteiger partial charge in [0, 0.05) is 11.6 Å². The summed E-state index contributed by atoms with van der Waals surface area (Å²) in [6.07, 6.45) is 8.69. The van der Waals surface area contributed by atoms with Crippen LogP contribution in [0.3, 0.4) is 0 Å². The van der Waals surface area contributed by atoms with Gasteiger partial charge in [0.15, 0.2) is 0 Å². The van der Waals surface area contributed by atoms with Crippen LogP contribution in [0.25, 0.3) is 0 Å². The minimum atomic E-state index is -0.657. The molecule has 0 unspecified atom stereocenters. The third-order valence-corrected chi connectivity index (χ3v) is 3.67. The second kappa shape index (κ2) is 3.89. The fourth-order valence-electron chi connectivity index (χ4n) is 2.77. The van der Waals surface area contributed by atoms with Crippen molar-refractivity contribution < 1.29 is 9.90 Å². The minimum absolute atomic E-state index is 0.0408. The summed E-state index contributed by atoms with van der Waals surface area (Å²) in [6, 6.07) is 0.592. The van der Waals surface area contributed by atoms with E-state index in [1.807, 2.05) is 0 Å². The molecule has 14 heavy (non-hydrogen) atoms. The van der Waals surface area contributed by atoms with E-state index in [9.17, 15) is 4.79 Å². The second-order valence-corrected chi connectivity index (χ2v) is 4.83. The Bertz CT molecular complexity index is 217. The molecule has 80 valence electrons. The molecule has 0 amide bonds. The lowest BCUT2D eigenvalue weighted by Gasteiger charge is -2.43. The predicted octanol–water partition coefficient (Wildman–Crippen LogP) is 1.92. The second-order valence-electron chi connectivity index (χ2n) is 4.83. The Morgan fingerprint density at radius 1 is 1.29 bits per heavy atom. The molecule has 0 bridgehead atoms. The van der Waals surface area contributed by atoms with Gasteiger partial charge in [0.05, 0.1) is 6.42 Å². The standard InChI is InChI=1S/C11H19NO2/c13-10(14)8-11(6-3-7-11)12-9-4-1-2-5-9/h9,12H,1-8H2,(H,13,14). The SMILES string of the molecule is O=C(O)CC1(NC2CCCC2)CCC1. The summed E-state index contributed by atoms with van der Waals surface area (Å²) < 4.78 is 0. The Kier molecular flexibility index (Phi) is 2.77. The van der Waals surface area contributed by atoms with E-state index in [1.165, 1.54) is 32.1 Å². The van der Waals surface area contributed by atoms with E-state index < -0.39 is 5.97 Å². The maximum absolute atomic E-state index is 10.7. The lowest BCUT2D eigenvalue weighted by Crippen LogP contribution is -2.55. The molecule has 2 fully saturated rings. The quantitative estimate of drug-likeness (QED) is 0.724. The molecule has 0 atom stereocenters. The molecule has 0 aromatic heterocycles. The molecular formula is C11H19NO2. The highest BCUT2D eigenvalue weighted by Gasteiger charge is 2.40. The van der Waals surface area contributed by atoms with Gasteiger partial charge in [-0.1, -0.05) is 12.8 Å². The van der Waals surface area contributed by atoms with Crippen molar-refractivity contribution in [1.29, 1.82) is 0 Å². The highest BCUT2D eigenvalue weighted by Crippen LogP contribution is 2.37. The monoisotopic (exact) mass is 197 g/mol. The van der Waals surface area contributed by atoms with Gasteiger partial charge in [-0.25, -0.2) is 0 Å². The third-order valence-electron chi connectivity index (χ3n) is 3.67. The molecule has 0 aromatic carbocycles. The van der Waals surface area contributed by atoms with Crippen molar-refractivity contribution in [3.05, 3.63) is 0 Å². The molecule has 2 N–H and O–H groups in total. The highest BCUT2D eigenvalue weighted by molar-refractivity contribution is 5.68. The van der Waals surface area contributed by atoms with Crippen LogP contribution in [-0.2, 0) is 4.79 Å². The van der Waals surface area contributed by atoms with E-state index in [-0.39, 0.29) is 5.54 Å². The predicted molar refractivity (Wildman–Crippen MR) is 54.2 cm³/mol. The van der Waals surface area contributed by atoms with Crippen LogP contribution in [0.15, 0.2) is 0 Å². The van der Waals surface area contributed by atoms with Gasteiger partial charge in [-0.05, 0) is 32.1 Å². The number of carboxylic acids is 1. The molecule has 0 spiro atoms. The zero-order valence-electron chi connectivity index (χ0n) is 8.59. The maximum atomic E-state index is 10.7. The van der Waals surface area contributed by atoms with Gasteiger partial charge in [0.2, 0.25) is 0 Å². The van der Waals surface area contributed by atoms with E-state index in [1.54, 1.807) is 0 Å². The van der Waals surface area contributed by atoms with Crippen molar-refractivity contribution in [2.75, 3.05) is 0 Å². The summed E-state index contributed by atoms with van der Waals surface area (Å²) in [4.78, 5) is 10.7. The van der Waals surface area contributed by atoms with Crippen molar-refractivity contribution >= 4 is 5.97 Å². The van der Waals surface area contributed by atoms with Gasteiger partial charge in [-0.2, -0.15) is 0 Å². The molecule has 0 radical (unpaired) electrons. The lowest BCUT2D eigenvalue weighted by atomic mass is 9.74. The normalized spacial score (nSPS) is 26.0. The topological polar surface area (TPSA) is 49.3 Å². The van der Waals surface area contributed by atoms with E-state index in [0.29, 0.717) is 12.5 Å². The summed E-state index contributed by atoms with van der Waals surface area (Å²) in [5, 5.41) is 12.4. The maximum Gasteiger partial charge on any atom is 0.305 e. The molecule has 0 heterocycles. The Labute approximate surface area is 84.9 Å². The van der Waals surface area contributed by atoms with E-state index in [4.69, 9.17) is 5.11 Å². The summed E-state index contributed by atoms with van der Waals surface area (Å²) in [7, 11) is 0. The largest absolute Gasteiger partial charge is 0.481 e. The average molecular weight is 197 g/mol. The number of carboxylic acid groups (broad SMARTS) is 1. The van der Waals surface area contributed by atoms with Gasteiger partial charge < -0.3 is 10.4 Å². The van der Waals surface area contributed by atoms with Gasteiger partial charge >= 0.3 is 5.97 Å². The molecule has 0 saturated heterocycles. The van der Waals surface area contributed by atoms with Gasteiger partial charge in [-0.15, -0.1) is 0 Å². The van der Waals surface area contributed by atoms with Crippen LogP contribution in [0.1, 0.15) is 51.4 Å². The molecule has 2 saturated carbocycles. The fourth-order valence-corrected chi connectivity index (χ4v) is 2.77. The van der Waals surface area contributed by atoms with Crippen molar-refractivity contribution in [3.8, 4) is 0 Å². The van der Waals surface area contributed by atoms with Crippen LogP contribution in [-0.4, -0.2) is 22.7 Å². The summed E-state index contributed by atoms with van der Waals surface area (Å²) in [5.74, 6) is -0.657. The van der Waals surface area contributed by atoms with Crippen LogP contribution >= 0.6 is 0 Å². The lowest BCUT2D eigenvalue weighted by molar-refractivity contribution is -0.139. The van der Waals surface area contributed by atoms with E-state index in [0.717, 1.165) is 12.8 Å². The Balaban J connectivity index is 1.87. The first-order chi connectivity index (χ1) is 6.70. The highest BCUT2D eigenvalue weighted by atomic mass is 16.4. The van der Waals surface area contributed by atoms with Crippen LogP contribution in [0.4, 0.5) is 0 Å². The summed E-state index contributed by atoms with van der Waals surface area (Å²) in [5.41, 5.74) is -0.0408. The number of nitrogens with one attached hydrogen (secondary N) is 1. The van der Waals surface area contributed by atoms with Gasteiger partial charge in [-0.3, -0.25) is 4.79 Å². The number of hydrogen-bond donors (Lipinski definition) is 2. The first kappa shape index (κ1) is 9.97. The van der Waals surface area contributed by atoms with Gasteiger partial charge in [0.25, 0.3) is 0 Å². The minimum Gasteiger partial charge on any atom is -0.481 e. The molecule has 0 aliphatic heterocycles. The third kappa shape index (κ3) is 2.08. The molecular weight excluding hydrogens is 178 g/mol. The van der Waals surface area contributed by atoms with Crippen molar-refractivity contribution in [3.63, 3.8) is 0 Å². The number of rotatable bonds is 4. The zero-order valence-corrected chi connectivity index (χ0v) is 8.59. The molecule has 0 aromatic rings. The van der Waals surface area contributed by atoms with Crippen LogP contribution in [0.5, 0.6) is 0 Å². The van der Waals surface area contributed by atoms with Crippen LogP contribution in [0.2, 0.25) is 0 Å². The smallest absolute Gasteiger partial charge is 0.305 e. The van der Waals surface area contributed by atoms with Crippen LogP contribution < -0.4 is 5.32 Å². The Hall–Kier alpha value is -0.570.